The van der Waals surface area contributed by atoms with Gasteiger partial charge in [-0.15, -0.1) is 6.58 Å². The second-order valence-corrected chi connectivity index (χ2v) is 2.12. The fourth-order valence-electron chi connectivity index (χ4n) is 0.839. The summed E-state index contributed by atoms with van der Waals surface area (Å²) in [5.41, 5.74) is 0.928. The number of benzene rings is 1. The van der Waals surface area contributed by atoms with E-state index in [4.69, 9.17) is 4.79 Å². The highest BCUT2D eigenvalue weighted by molar-refractivity contribution is 5.32. The summed E-state index contributed by atoms with van der Waals surface area (Å²) in [5, 5.41) is 9.19. The van der Waals surface area contributed by atoms with Crippen LogP contribution in [0, 0.1) is 0 Å². The number of para-hydroxylation sites is 1. The van der Waals surface area contributed by atoms with Gasteiger partial charge in [0.2, 0.25) is 0 Å². The van der Waals surface area contributed by atoms with Gasteiger partial charge in [0.25, 0.3) is 0 Å². The molecule has 1 aromatic carbocycles. The molecule has 0 aliphatic carbocycles. The summed E-state index contributed by atoms with van der Waals surface area (Å²) in [4.78, 5) is 8.00. The average Bonchev–Trinajstić information content (AvgIpc) is 2.13. The van der Waals surface area contributed by atoms with Crippen molar-refractivity contribution in [3.05, 3.63) is 42.5 Å². The first kappa shape index (κ1) is 10.4. The summed E-state index contributed by atoms with van der Waals surface area (Å²) in [6.45, 7) is 5.59. The SMILES string of the molecule is C=CCc1ccccc1O.C=O. The average molecular weight is 164 g/mol. The monoisotopic (exact) mass is 164 g/mol. The van der Waals surface area contributed by atoms with Gasteiger partial charge in [-0.1, -0.05) is 24.3 Å². The minimum Gasteiger partial charge on any atom is -0.508 e. The van der Waals surface area contributed by atoms with Crippen LogP contribution in [0.15, 0.2) is 36.9 Å². The van der Waals surface area contributed by atoms with Crippen LogP contribution in [-0.2, 0) is 11.2 Å². The first-order chi connectivity index (χ1) is 5.84. The van der Waals surface area contributed by atoms with Crippen molar-refractivity contribution < 1.29 is 9.90 Å². The molecular formula is C10H12O2. The molecule has 0 amide bonds. The Morgan fingerprint density at radius 3 is 2.42 bits per heavy atom. The Hall–Kier alpha value is -1.57. The van der Waals surface area contributed by atoms with Gasteiger partial charge in [-0.2, -0.15) is 0 Å². The normalized spacial score (nSPS) is 8.00. The van der Waals surface area contributed by atoms with Crippen molar-refractivity contribution in [1.29, 1.82) is 0 Å². The van der Waals surface area contributed by atoms with Gasteiger partial charge in [0.1, 0.15) is 12.5 Å². The zero-order chi connectivity index (χ0) is 9.40. The summed E-state index contributed by atoms with van der Waals surface area (Å²) in [6, 6.07) is 7.27. The third kappa shape index (κ3) is 3.01. The highest BCUT2D eigenvalue weighted by atomic mass is 16.3. The van der Waals surface area contributed by atoms with Crippen LogP contribution in [0.2, 0.25) is 0 Å². The fraction of sp³-hybridized carbons (Fsp3) is 0.100. The number of aromatic hydroxyl groups is 1. The van der Waals surface area contributed by atoms with E-state index in [-0.39, 0.29) is 0 Å². The predicted molar refractivity (Wildman–Crippen MR) is 49.1 cm³/mol. The molecule has 0 spiro atoms. The number of carbonyl (C=O) groups is 1. The summed E-state index contributed by atoms with van der Waals surface area (Å²) < 4.78 is 0. The van der Waals surface area contributed by atoms with Crippen LogP contribution in [0.1, 0.15) is 5.56 Å². The third-order valence-electron chi connectivity index (χ3n) is 1.36. The molecule has 0 bridgehead atoms. The molecule has 0 fully saturated rings. The van der Waals surface area contributed by atoms with Gasteiger partial charge in [0, 0.05) is 0 Å². The minimum absolute atomic E-state index is 0.349. The number of hydrogen-bond donors (Lipinski definition) is 1. The van der Waals surface area contributed by atoms with Crippen LogP contribution in [0.5, 0.6) is 5.75 Å². The van der Waals surface area contributed by atoms with E-state index in [0.29, 0.717) is 5.75 Å². The molecule has 0 unspecified atom stereocenters. The van der Waals surface area contributed by atoms with Crippen molar-refractivity contribution in [2.75, 3.05) is 0 Å². The zero-order valence-electron chi connectivity index (χ0n) is 6.86. The Balaban J connectivity index is 0.000000561. The fourth-order valence-corrected chi connectivity index (χ4v) is 0.839. The molecule has 0 aromatic heterocycles. The van der Waals surface area contributed by atoms with Gasteiger partial charge in [-0.05, 0) is 18.1 Å². The summed E-state index contributed by atoms with van der Waals surface area (Å²) in [7, 11) is 0. The maximum Gasteiger partial charge on any atom is 0.119 e. The second-order valence-electron chi connectivity index (χ2n) is 2.12. The summed E-state index contributed by atoms with van der Waals surface area (Å²) in [6.07, 6.45) is 2.50. The van der Waals surface area contributed by atoms with Crippen LogP contribution in [0.25, 0.3) is 0 Å². The molecule has 2 heteroatoms. The van der Waals surface area contributed by atoms with Gasteiger partial charge in [-0.3, -0.25) is 0 Å². The Morgan fingerprint density at radius 2 is 1.92 bits per heavy atom. The third-order valence-corrected chi connectivity index (χ3v) is 1.36. The first-order valence-electron chi connectivity index (χ1n) is 3.51. The van der Waals surface area contributed by atoms with E-state index in [2.05, 4.69) is 6.58 Å². The summed E-state index contributed by atoms with van der Waals surface area (Å²) >= 11 is 0. The number of allylic oxidation sites excluding steroid dienone is 1. The largest absolute Gasteiger partial charge is 0.508 e. The maximum atomic E-state index is 9.19. The van der Waals surface area contributed by atoms with Gasteiger partial charge in [0.15, 0.2) is 0 Å². The van der Waals surface area contributed by atoms with Crippen LogP contribution < -0.4 is 0 Å². The lowest BCUT2D eigenvalue weighted by molar-refractivity contribution is -0.0979. The Kier molecular flexibility index (Phi) is 5.35. The molecule has 1 N–H and O–H groups in total. The van der Waals surface area contributed by atoms with Gasteiger partial charge >= 0.3 is 0 Å². The zero-order valence-corrected chi connectivity index (χ0v) is 6.86. The van der Waals surface area contributed by atoms with Crippen molar-refractivity contribution >= 4 is 6.79 Å². The van der Waals surface area contributed by atoms with E-state index in [1.165, 1.54) is 0 Å². The molecule has 0 aliphatic heterocycles. The van der Waals surface area contributed by atoms with E-state index in [0.717, 1.165) is 12.0 Å². The standard InChI is InChI=1S/C9H10O.CH2O/c1-2-5-8-6-3-4-7-9(8)10;1-2/h2-4,6-7,10H,1,5H2;1H2. The molecule has 1 aromatic rings. The van der Waals surface area contributed by atoms with Crippen LogP contribution in [-0.4, -0.2) is 11.9 Å². The molecular weight excluding hydrogens is 152 g/mol. The molecule has 0 atom stereocenters. The number of rotatable bonds is 2. The number of phenolic OH excluding ortho intramolecular Hbond substituents is 1. The Bertz CT molecular complexity index is 243. The van der Waals surface area contributed by atoms with E-state index in [9.17, 15) is 5.11 Å². The highest BCUT2D eigenvalue weighted by Gasteiger charge is 1.93. The molecule has 2 nitrogen and oxygen atoms in total. The topological polar surface area (TPSA) is 37.3 Å². The van der Waals surface area contributed by atoms with E-state index >= 15 is 0 Å². The maximum absolute atomic E-state index is 9.19. The lowest BCUT2D eigenvalue weighted by Crippen LogP contribution is -1.79. The first-order valence-corrected chi connectivity index (χ1v) is 3.51. The van der Waals surface area contributed by atoms with Gasteiger partial charge in [-0.25, -0.2) is 0 Å². The van der Waals surface area contributed by atoms with Crippen molar-refractivity contribution in [2.24, 2.45) is 0 Å². The van der Waals surface area contributed by atoms with Gasteiger partial charge < -0.3 is 9.90 Å². The van der Waals surface area contributed by atoms with Gasteiger partial charge in [0.05, 0.1) is 0 Å². The minimum atomic E-state index is 0.349. The lowest BCUT2D eigenvalue weighted by atomic mass is 10.1. The van der Waals surface area contributed by atoms with Crippen LogP contribution >= 0.6 is 0 Å². The highest BCUT2D eigenvalue weighted by Crippen LogP contribution is 2.15. The molecule has 1 rings (SSSR count). The van der Waals surface area contributed by atoms with Crippen molar-refractivity contribution in [3.63, 3.8) is 0 Å². The molecule has 0 heterocycles. The van der Waals surface area contributed by atoms with E-state index in [1.54, 1.807) is 12.1 Å². The molecule has 0 aliphatic rings. The Morgan fingerprint density at radius 1 is 1.33 bits per heavy atom. The second kappa shape index (κ2) is 6.16. The predicted octanol–water partition coefficient (Wildman–Crippen LogP) is 1.94. The molecule has 12 heavy (non-hydrogen) atoms. The Labute approximate surface area is 72.2 Å². The molecule has 64 valence electrons. The van der Waals surface area contributed by atoms with E-state index < -0.39 is 0 Å². The summed E-state index contributed by atoms with van der Waals surface area (Å²) in [5.74, 6) is 0.349. The number of hydrogen-bond acceptors (Lipinski definition) is 2. The quantitative estimate of drug-likeness (QED) is 0.678. The van der Waals surface area contributed by atoms with Crippen molar-refractivity contribution in [3.8, 4) is 5.75 Å². The van der Waals surface area contributed by atoms with Crippen molar-refractivity contribution in [2.45, 2.75) is 6.42 Å². The smallest absolute Gasteiger partial charge is 0.119 e. The number of carbonyl (C=O) groups excluding carboxylic acids is 1. The molecule has 0 radical (unpaired) electrons. The molecule has 0 saturated carbocycles. The van der Waals surface area contributed by atoms with Crippen LogP contribution in [0.4, 0.5) is 0 Å². The van der Waals surface area contributed by atoms with E-state index in [1.807, 2.05) is 25.0 Å². The van der Waals surface area contributed by atoms with Crippen molar-refractivity contribution in [1.82, 2.24) is 0 Å². The molecule has 0 saturated heterocycles. The number of phenols is 1. The van der Waals surface area contributed by atoms with Crippen LogP contribution in [0.3, 0.4) is 0 Å². The lowest BCUT2D eigenvalue weighted by Gasteiger charge is -1.97.